The molecule has 8 bridgehead atoms. The van der Waals surface area contributed by atoms with E-state index in [0.717, 1.165) is 0 Å². The number of benzene rings is 8. The number of rotatable bonds is 8. The molecule has 2 aliphatic heterocycles. The molecule has 0 fully saturated rings. The summed E-state index contributed by atoms with van der Waals surface area (Å²) < 4.78 is 23.5. The molecule has 3 aromatic heterocycles. The second-order valence-electron chi connectivity index (χ2n) is 17.5. The van der Waals surface area contributed by atoms with Gasteiger partial charge in [-0.15, -0.1) is 0 Å². The molecule has 0 unspecified atom stereocenters. The van der Waals surface area contributed by atoms with Crippen LogP contribution < -0.4 is 18.9 Å². The van der Waals surface area contributed by atoms with Crippen LogP contribution in [0.5, 0.6) is 23.0 Å². The SMILES string of the molecule is O=C(Oc1ccc2c(c1)-c1nc-2nc2[nH]c(nc3nc(nc4[nH]c(n1)c1ccc(OC(=O)c5ccccc5)cc41)-c1ccc(OC(=O)c4ccccc4)cc1-3)c1ccc(OC(=O)c3ccccc3)cc21)c1ccccc1. The largest absolute Gasteiger partial charge is 0.423 e. The fraction of sp³-hybridized carbons (Fsp3) is 0. The lowest BCUT2D eigenvalue weighted by molar-refractivity contribution is 0.0725. The molecule has 0 atom stereocenters. The molecule has 16 nitrogen and oxygen atoms in total. The maximum absolute atomic E-state index is 13.3. The molecule has 0 amide bonds. The van der Waals surface area contributed by atoms with Gasteiger partial charge < -0.3 is 28.9 Å². The van der Waals surface area contributed by atoms with E-state index in [4.69, 9.17) is 48.9 Å². The van der Waals surface area contributed by atoms with Crippen molar-refractivity contribution < 1.29 is 38.1 Å². The molecule has 76 heavy (non-hydrogen) atoms. The fourth-order valence-corrected chi connectivity index (χ4v) is 8.93. The van der Waals surface area contributed by atoms with Crippen molar-refractivity contribution in [3.8, 4) is 68.5 Å². The summed E-state index contributed by atoms with van der Waals surface area (Å²) >= 11 is 0. The van der Waals surface area contributed by atoms with E-state index in [1.165, 1.54) is 0 Å². The van der Waals surface area contributed by atoms with Crippen LogP contribution in [0.15, 0.2) is 194 Å². The van der Waals surface area contributed by atoms with Gasteiger partial charge in [-0.25, -0.2) is 49.1 Å². The highest BCUT2D eigenvalue weighted by Crippen LogP contribution is 2.40. The summed E-state index contributed by atoms with van der Waals surface area (Å²) in [5, 5.41) is 2.20. The zero-order valence-corrected chi connectivity index (χ0v) is 39.4. The molecule has 0 aliphatic carbocycles. The summed E-state index contributed by atoms with van der Waals surface area (Å²) in [7, 11) is 0. The third-order valence-electron chi connectivity index (χ3n) is 12.6. The number of hydrogen-bond acceptors (Lipinski definition) is 14. The van der Waals surface area contributed by atoms with Crippen LogP contribution in [0, 0.1) is 0 Å². The molecule has 11 aromatic rings. The third-order valence-corrected chi connectivity index (χ3v) is 12.6. The summed E-state index contributed by atoms with van der Waals surface area (Å²) in [6.07, 6.45) is 0. The molecule has 8 aromatic carbocycles. The van der Waals surface area contributed by atoms with Gasteiger partial charge in [-0.05, 0) is 121 Å². The predicted molar refractivity (Wildman–Crippen MR) is 282 cm³/mol. The first-order chi connectivity index (χ1) is 37.2. The minimum absolute atomic E-state index is 0.211. The molecule has 0 saturated carbocycles. The van der Waals surface area contributed by atoms with Crippen molar-refractivity contribution in [2.75, 3.05) is 0 Å². The van der Waals surface area contributed by atoms with Crippen LogP contribution in [0.2, 0.25) is 0 Å². The van der Waals surface area contributed by atoms with Crippen LogP contribution in [-0.4, -0.2) is 63.7 Å². The Balaban J connectivity index is 1.04. The minimum Gasteiger partial charge on any atom is -0.423 e. The highest BCUT2D eigenvalue weighted by Gasteiger charge is 2.25. The molecule has 0 saturated heterocycles. The fourth-order valence-electron chi connectivity index (χ4n) is 8.93. The monoisotopic (exact) mass is 994 g/mol. The van der Waals surface area contributed by atoms with Crippen LogP contribution in [0.1, 0.15) is 41.4 Å². The first-order valence-electron chi connectivity index (χ1n) is 23.7. The van der Waals surface area contributed by atoms with Gasteiger partial charge in [-0.3, -0.25) is 0 Å². The number of esters is 4. The van der Waals surface area contributed by atoms with Crippen molar-refractivity contribution >= 4 is 68.0 Å². The van der Waals surface area contributed by atoms with Crippen molar-refractivity contribution in [3.05, 3.63) is 216 Å². The molecular weight excluding hydrogens is 961 g/mol. The standard InChI is InChI=1S/C60H34N8O8/c69-57(33-13-5-1-6-14-33)73-37-21-25-41-45(29-37)53-61-49(41)66-54-47-31-39(75-59(71)35-17-9-3-10-18-35)23-27-43(47)51(63-54)68-56-48-32-40(76-60(72)36-19-11-4-12-20-36)24-28-44(48)52(64-56)67-55-46-30-38(22-26-42(46)50(62-55)65-53)74-58(70)34-15-7-2-8-16-34/h1-32H,(H2,61,62,63,64,65,66,67,68). The lowest BCUT2D eigenvalue weighted by Gasteiger charge is -2.06. The predicted octanol–water partition coefficient (Wildman–Crippen LogP) is 11.7. The molecule has 5 heterocycles. The second kappa shape index (κ2) is 18.6. The van der Waals surface area contributed by atoms with E-state index in [0.29, 0.717) is 88.6 Å². The van der Waals surface area contributed by atoms with Gasteiger partial charge in [0.2, 0.25) is 0 Å². The Morgan fingerprint density at radius 3 is 0.882 bits per heavy atom. The maximum Gasteiger partial charge on any atom is 0.343 e. The van der Waals surface area contributed by atoms with Gasteiger partial charge in [-0.2, -0.15) is 0 Å². The van der Waals surface area contributed by atoms with Gasteiger partial charge in [0.15, 0.2) is 23.3 Å². The highest BCUT2D eigenvalue weighted by atomic mass is 16.5. The van der Waals surface area contributed by atoms with Crippen molar-refractivity contribution in [1.29, 1.82) is 0 Å². The van der Waals surface area contributed by atoms with E-state index in [1.807, 2.05) is 24.3 Å². The van der Waals surface area contributed by atoms with E-state index >= 15 is 0 Å². The molecule has 2 N–H and O–H groups in total. The number of aromatic amines is 2. The number of H-pyrrole nitrogens is 2. The smallest absolute Gasteiger partial charge is 0.343 e. The van der Waals surface area contributed by atoms with Crippen LogP contribution in [0.4, 0.5) is 0 Å². The Morgan fingerprint density at radius 2 is 0.553 bits per heavy atom. The topological polar surface area (TPSA) is 214 Å². The van der Waals surface area contributed by atoms with Crippen LogP contribution >= 0.6 is 0 Å². The average Bonchev–Trinajstić information content (AvgIpc) is 4.22. The van der Waals surface area contributed by atoms with Gasteiger partial charge in [0.25, 0.3) is 0 Å². The van der Waals surface area contributed by atoms with Gasteiger partial charge in [0.05, 0.1) is 22.3 Å². The van der Waals surface area contributed by atoms with E-state index in [-0.39, 0.29) is 46.3 Å². The molecule has 362 valence electrons. The highest BCUT2D eigenvalue weighted by molar-refractivity contribution is 6.08. The number of nitrogens with one attached hydrogen (secondary N) is 2. The van der Waals surface area contributed by atoms with Crippen molar-refractivity contribution in [2.24, 2.45) is 0 Å². The molecule has 2 aliphatic rings. The van der Waals surface area contributed by atoms with E-state index in [2.05, 4.69) is 9.97 Å². The normalized spacial score (nSPS) is 11.4. The summed E-state index contributed by atoms with van der Waals surface area (Å²) in [5.41, 5.74) is 4.80. The molecular formula is C60H34N8O8. The summed E-state index contributed by atoms with van der Waals surface area (Å²) in [6.45, 7) is 0. The van der Waals surface area contributed by atoms with Gasteiger partial charge in [-0.1, -0.05) is 72.8 Å². The number of nitrogens with zero attached hydrogens (tertiary/aromatic N) is 6. The maximum atomic E-state index is 13.3. The van der Waals surface area contributed by atoms with Crippen LogP contribution in [0.3, 0.4) is 0 Å². The summed E-state index contributed by atoms with van der Waals surface area (Å²) in [5.74, 6) is -0.376. The van der Waals surface area contributed by atoms with Crippen molar-refractivity contribution in [1.82, 2.24) is 39.9 Å². The van der Waals surface area contributed by atoms with Gasteiger partial charge in [0.1, 0.15) is 45.6 Å². The Labute approximate surface area is 429 Å². The van der Waals surface area contributed by atoms with Crippen molar-refractivity contribution in [3.63, 3.8) is 0 Å². The number of carbonyl (C=O) groups is 4. The number of fused-ring (bicyclic) bond motifs is 20. The summed E-state index contributed by atoms with van der Waals surface area (Å²) in [4.78, 5) is 90.6. The molecule has 13 rings (SSSR count). The zero-order chi connectivity index (χ0) is 51.3. The first kappa shape index (κ1) is 44.9. The lowest BCUT2D eigenvalue weighted by atomic mass is 10.1. The first-order valence-corrected chi connectivity index (χ1v) is 23.7. The molecule has 0 spiro atoms. The van der Waals surface area contributed by atoms with E-state index < -0.39 is 23.9 Å². The Morgan fingerprint density at radius 1 is 0.276 bits per heavy atom. The van der Waals surface area contributed by atoms with Crippen molar-refractivity contribution in [2.45, 2.75) is 0 Å². The second-order valence-corrected chi connectivity index (χ2v) is 17.5. The number of hydrogen-bond donors (Lipinski definition) is 2. The van der Waals surface area contributed by atoms with Crippen LogP contribution in [0.25, 0.3) is 89.7 Å². The molecule has 16 heteroatoms. The average molecular weight is 995 g/mol. The molecule has 0 radical (unpaired) electrons. The third kappa shape index (κ3) is 8.48. The summed E-state index contributed by atoms with van der Waals surface area (Å²) in [6, 6.07) is 54.9. The lowest BCUT2D eigenvalue weighted by Crippen LogP contribution is -2.08. The Bertz CT molecular complexity index is 4100. The van der Waals surface area contributed by atoms with Crippen LogP contribution in [-0.2, 0) is 0 Å². The zero-order valence-electron chi connectivity index (χ0n) is 39.4. The van der Waals surface area contributed by atoms with Gasteiger partial charge in [0, 0.05) is 43.8 Å². The number of carbonyl (C=O) groups excluding carboxylic acids is 4. The quantitative estimate of drug-likeness (QED) is 0.107. The number of ether oxygens (including phenoxy) is 4. The van der Waals surface area contributed by atoms with Gasteiger partial charge >= 0.3 is 23.9 Å². The Hall–Kier alpha value is -11.0. The Kier molecular flexibility index (Phi) is 11.0. The van der Waals surface area contributed by atoms with E-state index in [1.54, 1.807) is 170 Å². The number of aromatic nitrogens is 8. The minimum atomic E-state index is -0.558. The van der Waals surface area contributed by atoms with E-state index in [9.17, 15) is 19.2 Å².